The predicted molar refractivity (Wildman–Crippen MR) is 118 cm³/mol. The predicted octanol–water partition coefficient (Wildman–Crippen LogP) is 3.49. The number of hydrogen-bond acceptors (Lipinski definition) is 7. The molecule has 0 aliphatic carbocycles. The van der Waals surface area contributed by atoms with Crippen LogP contribution in [0.15, 0.2) is 53.7 Å². The molecule has 1 aromatic heterocycles. The number of nitrogens with zero attached hydrogens (tertiary/aromatic N) is 3. The fourth-order valence-electron chi connectivity index (χ4n) is 2.79. The number of anilines is 1. The summed E-state index contributed by atoms with van der Waals surface area (Å²) in [5, 5.41) is 11.0. The monoisotopic (exact) mass is 456 g/mol. The topological polar surface area (TPSA) is 103 Å². The van der Waals surface area contributed by atoms with Gasteiger partial charge < -0.3 is 14.6 Å². The maximum atomic E-state index is 14.0. The number of esters is 1. The van der Waals surface area contributed by atoms with Gasteiger partial charge >= 0.3 is 5.97 Å². The largest absolute Gasteiger partial charge is 0.452 e. The molecule has 32 heavy (non-hydrogen) atoms. The highest BCUT2D eigenvalue weighted by Crippen LogP contribution is 2.24. The van der Waals surface area contributed by atoms with Crippen molar-refractivity contribution in [3.63, 3.8) is 0 Å². The molecular weight excluding hydrogens is 435 g/mol. The zero-order chi connectivity index (χ0) is 23.3. The highest BCUT2D eigenvalue weighted by Gasteiger charge is 2.20. The number of carbonyl (C=O) groups excluding carboxylic acids is 3. The summed E-state index contributed by atoms with van der Waals surface area (Å²) >= 11 is 1.06. The third kappa shape index (κ3) is 5.58. The van der Waals surface area contributed by atoms with E-state index in [1.807, 2.05) is 0 Å². The minimum atomic E-state index is -1.04. The number of nitrogens with one attached hydrogen (secondary N) is 1. The Bertz CT molecular complexity index is 1160. The number of Topliss-reactive ketones (excluding diaryl/α,β-unsaturated/α-hetero) is 1. The fourth-order valence-corrected chi connectivity index (χ4v) is 3.48. The second-order valence-corrected chi connectivity index (χ2v) is 7.83. The van der Waals surface area contributed by atoms with Gasteiger partial charge in [-0.1, -0.05) is 36.0 Å². The number of halogens is 1. The summed E-state index contributed by atoms with van der Waals surface area (Å²) in [5.41, 5.74) is 1.19. The molecule has 2 aromatic carbocycles. The highest BCUT2D eigenvalue weighted by atomic mass is 32.2. The number of ketones is 1. The van der Waals surface area contributed by atoms with E-state index in [1.54, 1.807) is 54.1 Å². The lowest BCUT2D eigenvalue weighted by atomic mass is 10.1. The van der Waals surface area contributed by atoms with Gasteiger partial charge in [0.25, 0.3) is 5.91 Å². The van der Waals surface area contributed by atoms with Gasteiger partial charge in [0.2, 0.25) is 0 Å². The molecule has 8 nitrogen and oxygen atoms in total. The molecule has 0 bridgehead atoms. The van der Waals surface area contributed by atoms with E-state index in [0.717, 1.165) is 11.8 Å². The molecule has 0 aliphatic rings. The molecule has 1 heterocycles. The van der Waals surface area contributed by atoms with Crippen molar-refractivity contribution in [3.05, 3.63) is 59.9 Å². The summed E-state index contributed by atoms with van der Waals surface area (Å²) in [6, 6.07) is 12.7. The number of carbonyl (C=O) groups is 3. The molecule has 3 aromatic rings. The van der Waals surface area contributed by atoms with E-state index in [4.69, 9.17) is 4.74 Å². The average molecular weight is 456 g/mol. The minimum absolute atomic E-state index is 0.110. The van der Waals surface area contributed by atoms with E-state index in [1.165, 1.54) is 19.9 Å². The van der Waals surface area contributed by atoms with Crippen molar-refractivity contribution in [2.75, 3.05) is 11.1 Å². The molecule has 1 atom stereocenters. The van der Waals surface area contributed by atoms with Gasteiger partial charge in [-0.05, 0) is 38.1 Å². The van der Waals surface area contributed by atoms with Crippen LogP contribution in [-0.2, 0) is 21.4 Å². The first-order valence-electron chi connectivity index (χ1n) is 9.64. The Morgan fingerprint density at radius 2 is 1.91 bits per heavy atom. The lowest BCUT2D eigenvalue weighted by Gasteiger charge is -2.13. The van der Waals surface area contributed by atoms with Crippen molar-refractivity contribution in [1.82, 2.24) is 14.8 Å². The Morgan fingerprint density at radius 3 is 2.62 bits per heavy atom. The third-order valence-corrected chi connectivity index (χ3v) is 5.48. The second-order valence-electron chi connectivity index (χ2n) is 6.89. The van der Waals surface area contributed by atoms with E-state index in [-0.39, 0.29) is 11.5 Å². The van der Waals surface area contributed by atoms with Crippen LogP contribution in [0.5, 0.6) is 0 Å². The molecule has 0 radical (unpaired) electrons. The van der Waals surface area contributed by atoms with Crippen LogP contribution in [0.1, 0.15) is 24.2 Å². The maximum Gasteiger partial charge on any atom is 0.317 e. The lowest BCUT2D eigenvalue weighted by Crippen LogP contribution is -2.30. The number of rotatable bonds is 8. The van der Waals surface area contributed by atoms with Crippen LogP contribution in [0, 0.1) is 5.82 Å². The van der Waals surface area contributed by atoms with Crippen LogP contribution < -0.4 is 5.32 Å². The SMILES string of the molecule is CC(=O)c1cccc(NC(=O)[C@H](C)OC(=O)CSc2nnc(-c3ccccc3F)n2C)c1. The summed E-state index contributed by atoms with van der Waals surface area (Å²) in [6.07, 6.45) is -1.04. The molecule has 0 saturated heterocycles. The van der Waals surface area contributed by atoms with Crippen molar-refractivity contribution >= 4 is 35.1 Å². The van der Waals surface area contributed by atoms with Crippen LogP contribution in [0.2, 0.25) is 0 Å². The fraction of sp³-hybridized carbons (Fsp3) is 0.227. The van der Waals surface area contributed by atoms with Crippen molar-refractivity contribution in [1.29, 1.82) is 0 Å². The van der Waals surface area contributed by atoms with Crippen LogP contribution in [0.25, 0.3) is 11.4 Å². The molecule has 10 heteroatoms. The quantitative estimate of drug-likeness (QED) is 0.314. The standard InChI is InChI=1S/C22H21FN4O4S/c1-13(28)15-7-6-8-16(11-15)24-21(30)14(2)31-19(29)12-32-22-26-25-20(27(22)3)17-9-4-5-10-18(17)23/h4-11,14H,12H2,1-3H3,(H,24,30)/t14-/m0/s1. The molecule has 1 N–H and O–H groups in total. The van der Waals surface area contributed by atoms with E-state index in [0.29, 0.717) is 27.8 Å². The first-order valence-corrected chi connectivity index (χ1v) is 10.6. The summed E-state index contributed by atoms with van der Waals surface area (Å²) in [6.45, 7) is 2.88. The first kappa shape index (κ1) is 23.1. The maximum absolute atomic E-state index is 14.0. The summed E-state index contributed by atoms with van der Waals surface area (Å²) < 4.78 is 20.8. The average Bonchev–Trinajstić information content (AvgIpc) is 3.12. The molecule has 0 spiro atoms. The van der Waals surface area contributed by atoms with Crippen LogP contribution in [-0.4, -0.2) is 44.3 Å². The van der Waals surface area contributed by atoms with Crippen molar-refractivity contribution in [2.45, 2.75) is 25.1 Å². The van der Waals surface area contributed by atoms with Gasteiger partial charge in [-0.2, -0.15) is 0 Å². The van der Waals surface area contributed by atoms with Gasteiger partial charge in [0.1, 0.15) is 5.82 Å². The van der Waals surface area contributed by atoms with Crippen molar-refractivity contribution < 1.29 is 23.5 Å². The molecule has 1 amide bonds. The van der Waals surface area contributed by atoms with E-state index < -0.39 is 23.8 Å². The number of hydrogen-bond donors (Lipinski definition) is 1. The Morgan fingerprint density at radius 1 is 1.16 bits per heavy atom. The summed E-state index contributed by atoms with van der Waals surface area (Å²) in [5.74, 6) is -1.47. The number of benzene rings is 2. The van der Waals surface area contributed by atoms with E-state index in [2.05, 4.69) is 15.5 Å². The molecule has 0 saturated carbocycles. The second kappa shape index (κ2) is 10.2. The Hall–Kier alpha value is -3.53. The van der Waals surface area contributed by atoms with Crippen molar-refractivity contribution in [3.8, 4) is 11.4 Å². The van der Waals surface area contributed by atoms with Gasteiger partial charge in [-0.25, -0.2) is 4.39 Å². The molecular formula is C22H21FN4O4S. The van der Waals surface area contributed by atoms with Crippen molar-refractivity contribution in [2.24, 2.45) is 7.05 Å². The lowest BCUT2D eigenvalue weighted by molar-refractivity contribution is -0.150. The van der Waals surface area contributed by atoms with Gasteiger partial charge in [-0.3, -0.25) is 14.4 Å². The van der Waals surface area contributed by atoms with E-state index >= 15 is 0 Å². The smallest absolute Gasteiger partial charge is 0.317 e. The van der Waals surface area contributed by atoms with Gasteiger partial charge in [0.05, 0.1) is 11.3 Å². The normalized spacial score (nSPS) is 11.6. The summed E-state index contributed by atoms with van der Waals surface area (Å²) in [7, 11) is 1.67. The van der Waals surface area contributed by atoms with E-state index in [9.17, 15) is 18.8 Å². The van der Waals surface area contributed by atoms with Crippen LogP contribution in [0.4, 0.5) is 10.1 Å². The number of amides is 1. The van der Waals surface area contributed by atoms with Crippen LogP contribution >= 0.6 is 11.8 Å². The van der Waals surface area contributed by atoms with Gasteiger partial charge in [-0.15, -0.1) is 10.2 Å². The molecule has 166 valence electrons. The molecule has 0 aliphatic heterocycles. The highest BCUT2D eigenvalue weighted by molar-refractivity contribution is 7.99. The summed E-state index contributed by atoms with van der Waals surface area (Å²) in [4.78, 5) is 36.0. The minimum Gasteiger partial charge on any atom is -0.452 e. The van der Waals surface area contributed by atoms with Crippen LogP contribution in [0.3, 0.4) is 0 Å². The molecule has 0 unspecified atom stereocenters. The molecule has 3 rings (SSSR count). The Labute approximate surface area is 188 Å². The number of ether oxygens (including phenoxy) is 1. The first-order chi connectivity index (χ1) is 15.3. The number of thioether (sulfide) groups is 1. The van der Waals surface area contributed by atoms with Gasteiger partial charge in [0.15, 0.2) is 22.9 Å². The Kier molecular flexibility index (Phi) is 7.37. The molecule has 0 fully saturated rings. The zero-order valence-electron chi connectivity index (χ0n) is 17.7. The Balaban J connectivity index is 1.55. The zero-order valence-corrected chi connectivity index (χ0v) is 18.5. The number of aromatic nitrogens is 3. The van der Waals surface area contributed by atoms with Gasteiger partial charge in [0, 0.05) is 18.3 Å². The third-order valence-electron chi connectivity index (χ3n) is 4.48.